The van der Waals surface area contributed by atoms with Gasteiger partial charge in [0, 0.05) is 0 Å². The lowest BCUT2D eigenvalue weighted by atomic mass is 10.00. The second kappa shape index (κ2) is 8.37. The van der Waals surface area contributed by atoms with Gasteiger partial charge in [0.2, 0.25) is 0 Å². The zero-order valence-corrected chi connectivity index (χ0v) is 16.6. The molecule has 0 atom stereocenters. The van der Waals surface area contributed by atoms with Gasteiger partial charge in [0.25, 0.3) is 0 Å². The summed E-state index contributed by atoms with van der Waals surface area (Å²) in [7, 11) is 0. The zero-order valence-electron chi connectivity index (χ0n) is 16.6. The summed E-state index contributed by atoms with van der Waals surface area (Å²) in [5.74, 6) is -0.416. The predicted molar refractivity (Wildman–Crippen MR) is 116 cm³/mol. The number of carboxylic acids is 1. The Bertz CT molecular complexity index is 1140. The van der Waals surface area contributed by atoms with E-state index < -0.39 is 5.97 Å². The molecule has 1 N–H and O–H groups in total. The summed E-state index contributed by atoms with van der Waals surface area (Å²) in [6, 6.07) is 22.1. The minimum atomic E-state index is -0.899. The molecule has 0 spiro atoms. The maximum Gasteiger partial charge on any atom is 0.307 e. The van der Waals surface area contributed by atoms with Gasteiger partial charge in [0.1, 0.15) is 18.2 Å². The van der Waals surface area contributed by atoms with Gasteiger partial charge in [-0.15, -0.1) is 0 Å². The van der Waals surface area contributed by atoms with E-state index in [9.17, 15) is 14.3 Å². The van der Waals surface area contributed by atoms with Crippen LogP contribution in [0.2, 0.25) is 0 Å². The quantitative estimate of drug-likeness (QED) is 0.535. The lowest BCUT2D eigenvalue weighted by Crippen LogP contribution is -1.96. The third-order valence-electron chi connectivity index (χ3n) is 5.22. The number of carbonyl (C=O) groups is 1. The lowest BCUT2D eigenvalue weighted by Gasteiger charge is -2.07. The molecule has 4 heteroatoms. The van der Waals surface area contributed by atoms with Crippen molar-refractivity contribution in [2.75, 3.05) is 0 Å². The van der Waals surface area contributed by atoms with Gasteiger partial charge in [-0.25, -0.2) is 4.39 Å². The van der Waals surface area contributed by atoms with Crippen LogP contribution in [0.3, 0.4) is 0 Å². The Hall–Kier alpha value is -3.66. The van der Waals surface area contributed by atoms with E-state index >= 15 is 0 Å². The van der Waals surface area contributed by atoms with E-state index in [2.05, 4.69) is 0 Å². The van der Waals surface area contributed by atoms with Crippen LogP contribution < -0.4 is 4.74 Å². The molecule has 150 valence electrons. The molecule has 0 saturated heterocycles. The topological polar surface area (TPSA) is 46.5 Å². The van der Waals surface area contributed by atoms with Crippen LogP contribution in [0.5, 0.6) is 5.75 Å². The minimum absolute atomic E-state index is 0.0857. The average molecular weight is 400 g/mol. The Morgan fingerprint density at radius 1 is 1.00 bits per heavy atom. The molecule has 0 amide bonds. The van der Waals surface area contributed by atoms with Crippen molar-refractivity contribution in [3.63, 3.8) is 0 Å². The second-order valence-electron chi connectivity index (χ2n) is 7.27. The Morgan fingerprint density at radius 2 is 1.73 bits per heavy atom. The first kappa shape index (κ1) is 19.6. The number of para-hydroxylation sites is 1. The molecule has 1 aliphatic rings. The van der Waals surface area contributed by atoms with Crippen molar-refractivity contribution in [2.45, 2.75) is 20.0 Å². The Kier molecular flexibility index (Phi) is 5.48. The number of hydrogen-bond acceptors (Lipinski definition) is 2. The van der Waals surface area contributed by atoms with Crippen molar-refractivity contribution in [1.82, 2.24) is 0 Å². The maximum absolute atomic E-state index is 13.9. The highest BCUT2D eigenvalue weighted by molar-refractivity contribution is 6.07. The Balaban J connectivity index is 1.60. The summed E-state index contributed by atoms with van der Waals surface area (Å²) < 4.78 is 19.7. The number of benzene rings is 3. The van der Waals surface area contributed by atoms with Gasteiger partial charge < -0.3 is 9.84 Å². The van der Waals surface area contributed by atoms with Crippen molar-refractivity contribution in [1.29, 1.82) is 0 Å². The van der Waals surface area contributed by atoms with Crippen LogP contribution in [0.1, 0.15) is 35.6 Å². The lowest BCUT2D eigenvalue weighted by molar-refractivity contribution is -0.135. The van der Waals surface area contributed by atoms with E-state index in [0.717, 1.165) is 44.7 Å². The number of carboxylic acid groups (broad SMARTS) is 1. The van der Waals surface area contributed by atoms with Crippen LogP contribution in [0.15, 0.2) is 78.4 Å². The average Bonchev–Trinajstić information content (AvgIpc) is 2.99. The van der Waals surface area contributed by atoms with E-state index in [4.69, 9.17) is 4.74 Å². The van der Waals surface area contributed by atoms with Crippen molar-refractivity contribution in [3.05, 3.63) is 106 Å². The fourth-order valence-electron chi connectivity index (χ4n) is 3.69. The molecule has 3 aromatic rings. The molecular weight excluding hydrogens is 379 g/mol. The Morgan fingerprint density at radius 3 is 2.43 bits per heavy atom. The van der Waals surface area contributed by atoms with E-state index in [1.165, 1.54) is 12.1 Å². The van der Waals surface area contributed by atoms with Crippen molar-refractivity contribution in [3.8, 4) is 5.75 Å². The van der Waals surface area contributed by atoms with E-state index in [1.807, 2.05) is 67.6 Å². The van der Waals surface area contributed by atoms with Gasteiger partial charge in [-0.05, 0) is 76.2 Å². The molecule has 0 radical (unpaired) electrons. The smallest absolute Gasteiger partial charge is 0.307 e. The van der Waals surface area contributed by atoms with Gasteiger partial charge in [-0.2, -0.15) is 0 Å². The number of rotatable bonds is 6. The summed E-state index contributed by atoms with van der Waals surface area (Å²) in [6.07, 6.45) is 1.89. The predicted octanol–water partition coefficient (Wildman–Crippen LogP) is 6.21. The third kappa shape index (κ3) is 4.18. The molecule has 3 nitrogen and oxygen atoms in total. The van der Waals surface area contributed by atoms with E-state index in [-0.39, 0.29) is 12.2 Å². The molecule has 1 aliphatic carbocycles. The summed E-state index contributed by atoms with van der Waals surface area (Å²) in [4.78, 5) is 11.3. The van der Waals surface area contributed by atoms with Crippen LogP contribution in [0, 0.1) is 5.82 Å². The molecule has 30 heavy (non-hydrogen) atoms. The number of allylic oxidation sites excluding steroid dienone is 2. The first-order valence-electron chi connectivity index (χ1n) is 9.72. The largest absolute Gasteiger partial charge is 0.489 e. The van der Waals surface area contributed by atoms with Crippen LogP contribution >= 0.6 is 0 Å². The van der Waals surface area contributed by atoms with Crippen LogP contribution in [-0.2, 0) is 11.4 Å². The molecule has 0 saturated carbocycles. The normalized spacial score (nSPS) is 14.1. The fraction of sp³-hybridized carbons (Fsp3) is 0.115. The van der Waals surface area contributed by atoms with Gasteiger partial charge >= 0.3 is 5.97 Å². The number of hydrogen-bond donors (Lipinski definition) is 1. The highest BCUT2D eigenvalue weighted by Gasteiger charge is 2.25. The fourth-order valence-corrected chi connectivity index (χ4v) is 3.69. The molecular formula is C26H21FO3. The van der Waals surface area contributed by atoms with E-state index in [0.29, 0.717) is 6.61 Å². The maximum atomic E-state index is 13.9. The van der Waals surface area contributed by atoms with Crippen molar-refractivity contribution in [2.24, 2.45) is 0 Å². The van der Waals surface area contributed by atoms with Crippen LogP contribution in [0.4, 0.5) is 4.39 Å². The summed E-state index contributed by atoms with van der Waals surface area (Å²) in [6.45, 7) is 2.36. The molecule has 0 aromatic heterocycles. The highest BCUT2D eigenvalue weighted by atomic mass is 19.1. The van der Waals surface area contributed by atoms with Gasteiger partial charge in [-0.1, -0.05) is 48.5 Å². The first-order valence-corrected chi connectivity index (χ1v) is 9.72. The molecule has 0 bridgehead atoms. The highest BCUT2D eigenvalue weighted by Crippen LogP contribution is 2.43. The number of aliphatic carboxylic acids is 1. The molecule has 0 aliphatic heterocycles. The van der Waals surface area contributed by atoms with Crippen molar-refractivity contribution >= 4 is 23.2 Å². The zero-order chi connectivity index (χ0) is 21.1. The first-order chi connectivity index (χ1) is 14.5. The third-order valence-corrected chi connectivity index (χ3v) is 5.22. The van der Waals surface area contributed by atoms with E-state index in [1.54, 1.807) is 6.07 Å². The molecule has 3 aromatic carbocycles. The second-order valence-corrected chi connectivity index (χ2v) is 7.27. The van der Waals surface area contributed by atoms with Gasteiger partial charge in [0.15, 0.2) is 0 Å². The van der Waals surface area contributed by atoms with Gasteiger partial charge in [-0.3, -0.25) is 4.79 Å². The monoisotopic (exact) mass is 400 g/mol. The minimum Gasteiger partial charge on any atom is -0.489 e. The SMILES string of the molecule is CC1=C(CC(=O)O)c2ccc(F)cc2/C1=C\c1ccc(COc2ccccc2)cc1. The number of halogens is 1. The van der Waals surface area contributed by atoms with Crippen LogP contribution in [0.25, 0.3) is 17.2 Å². The van der Waals surface area contributed by atoms with Crippen LogP contribution in [-0.4, -0.2) is 11.1 Å². The van der Waals surface area contributed by atoms with Gasteiger partial charge in [0.05, 0.1) is 6.42 Å². The molecule has 0 heterocycles. The van der Waals surface area contributed by atoms with Crippen molar-refractivity contribution < 1.29 is 19.0 Å². The molecule has 0 unspecified atom stereocenters. The molecule has 0 fully saturated rings. The Labute approximate surface area is 174 Å². The molecule has 4 rings (SSSR count). The summed E-state index contributed by atoms with van der Waals surface area (Å²) in [5.41, 5.74) is 5.98. The summed E-state index contributed by atoms with van der Waals surface area (Å²) in [5, 5.41) is 9.27. The standard InChI is InChI=1S/C26H21FO3/c1-17-23(25-14-20(27)11-12-22(25)24(17)15-26(28)29)13-18-7-9-19(10-8-18)16-30-21-5-3-2-4-6-21/h2-14H,15-16H2,1H3,(H,28,29)/b23-13-. The summed E-state index contributed by atoms with van der Waals surface area (Å²) >= 11 is 0. The number of ether oxygens (including phenoxy) is 1. The number of fused-ring (bicyclic) bond motifs is 1.